The number of halogens is 2. The number of nitrogens with one attached hydrogen (secondary N) is 6. The van der Waals surface area contributed by atoms with Gasteiger partial charge in [-0.3, -0.25) is 43.7 Å². The van der Waals surface area contributed by atoms with E-state index in [0.717, 1.165) is 62.4 Å². The number of aliphatic hydroxyl groups excluding tert-OH is 5. The molecule has 14 atom stereocenters. The van der Waals surface area contributed by atoms with Gasteiger partial charge in [-0.05, 0) is 168 Å². The second-order valence-electron chi connectivity index (χ2n) is 30.8. The molecule has 6 aromatic rings. The van der Waals surface area contributed by atoms with Crippen molar-refractivity contribution in [2.75, 3.05) is 6.54 Å². The molecule has 1 saturated heterocycles. The maximum Gasteiger partial charge on any atom is 0.321 e. The summed E-state index contributed by atoms with van der Waals surface area (Å²) in [5.74, 6) is -15.5. The first-order valence-electron chi connectivity index (χ1n) is 37.4. The van der Waals surface area contributed by atoms with Crippen LogP contribution >= 0.6 is 23.2 Å². The second-order valence-corrected chi connectivity index (χ2v) is 31.6. The molecule has 4 saturated carbocycles. The number of Topliss-reactive ketones (excluding diaryl/α,β-unsaturated/α-hetero) is 3. The molecule has 6 aromatic carbocycles. The Morgan fingerprint density at radius 1 is 0.649 bits per heavy atom. The Kier molecular flexibility index (Phi) is 23.8. The zero-order chi connectivity index (χ0) is 79.1. The number of rotatable bonds is 15. The standard InChI is InChI=1S/C81H89Cl2N7O21/c1-4-39(16-35(2)3)76(103)89-68-56(94)25-46(28-64(97)86-81(107)85-34-36-8-6-5-7-9-36)77(104)87-66-45-26-61(108-59-14-11-41(70(68)98)23-52(59)82)75(111-80-74(102)73(101)72(100)63(33-84)110-80)62(27-45)109-60-15-12-42(24-53(60)83)71(99)69-79(106)88-67(58(96)31-48-43-18-37-17-38(20-43)21-44(48)19-37)51-29-47(91)30-55(93)65(51)50-22-40(10-13-54(50)92)49(32-57(66)95)78(105)90-69/h5-15,22-24,26-27,29-30,35,37-39,43-44,46,48-49,63,66-74,80,91-93,98-102H,4,16-21,25,28,31-34,84H2,1-3H3,(H,87,104)(H,88,106)(H,89,103)(H,90,105)(H2,85,86,97,107)/t37?,38?,39-,43?,44?,46+,48?,49-,63-,66?,67+,68+,69+,70-,71-,72-,73+,74-,80+/m1/s1. The fourth-order valence-corrected chi connectivity index (χ4v) is 17.7. The number of fused-ring (bicyclic) bond motifs is 15. The molecular formula is C81H89Cl2N7O21. The molecule has 0 aromatic heterocycles. The topological polar surface area (TPSA) is 451 Å². The third-order valence-corrected chi connectivity index (χ3v) is 23.3. The van der Waals surface area contributed by atoms with Gasteiger partial charge in [-0.15, -0.1) is 0 Å². The summed E-state index contributed by atoms with van der Waals surface area (Å²) in [5.41, 5.74) is 5.14. The van der Waals surface area contributed by atoms with Crippen LogP contribution in [0.4, 0.5) is 4.79 Å². The molecule has 16 rings (SSSR count). The van der Waals surface area contributed by atoms with E-state index in [2.05, 4.69) is 31.9 Å². The first-order valence-corrected chi connectivity index (χ1v) is 38.1. The molecule has 16 N–H and O–H groups in total. The summed E-state index contributed by atoms with van der Waals surface area (Å²) in [6, 6.07) is 14.9. The van der Waals surface area contributed by atoms with Crippen LogP contribution in [0, 0.1) is 47.3 Å². The minimum Gasteiger partial charge on any atom is -0.508 e. The van der Waals surface area contributed by atoms with Gasteiger partial charge in [0.05, 0.1) is 21.9 Å². The number of nitrogens with two attached hydrogens (primary N) is 1. The van der Waals surface area contributed by atoms with Crippen LogP contribution in [-0.2, 0) is 49.6 Å². The van der Waals surface area contributed by atoms with Gasteiger partial charge in [0.1, 0.15) is 89.5 Å². The van der Waals surface area contributed by atoms with E-state index in [1.54, 1.807) is 37.3 Å². The monoisotopic (exact) mass is 1570 g/mol. The van der Waals surface area contributed by atoms with Crippen LogP contribution in [0.3, 0.4) is 0 Å². The normalized spacial score (nSPS) is 28.6. The number of ether oxygens (including phenoxy) is 4. The van der Waals surface area contributed by atoms with Crippen molar-refractivity contribution >= 4 is 76.1 Å². The highest BCUT2D eigenvalue weighted by Gasteiger charge is 2.51. The molecular weight excluding hydrogens is 1480 g/mol. The summed E-state index contributed by atoms with van der Waals surface area (Å²) in [6.45, 7) is 5.01. The lowest BCUT2D eigenvalue weighted by molar-refractivity contribution is -0.270. The predicted molar refractivity (Wildman–Crippen MR) is 399 cm³/mol. The number of phenolic OH excluding ortho intramolecular Hbond substituents is 3. The average molecular weight is 1570 g/mol. The molecule has 6 heterocycles. The Morgan fingerprint density at radius 3 is 1.91 bits per heavy atom. The van der Waals surface area contributed by atoms with Crippen molar-refractivity contribution in [3.8, 4) is 57.1 Å². The number of urea groups is 1. The first-order chi connectivity index (χ1) is 53.0. The summed E-state index contributed by atoms with van der Waals surface area (Å²) in [4.78, 5) is 137. The van der Waals surface area contributed by atoms with E-state index in [9.17, 15) is 55.2 Å². The van der Waals surface area contributed by atoms with Gasteiger partial charge < -0.3 is 92.1 Å². The number of aromatic hydroxyl groups is 3. The van der Waals surface area contributed by atoms with Crippen molar-refractivity contribution in [2.24, 2.45) is 53.1 Å². The van der Waals surface area contributed by atoms with Crippen molar-refractivity contribution in [1.82, 2.24) is 31.9 Å². The second kappa shape index (κ2) is 33.3. The summed E-state index contributed by atoms with van der Waals surface area (Å²) < 4.78 is 25.7. The number of hydrogen-bond acceptors (Lipinski definition) is 22. The number of ketones is 3. The van der Waals surface area contributed by atoms with Gasteiger partial charge in [0.25, 0.3) is 0 Å². The minimum atomic E-state index is -2.19. The van der Waals surface area contributed by atoms with Gasteiger partial charge in [0, 0.05) is 61.9 Å². The smallest absolute Gasteiger partial charge is 0.321 e. The van der Waals surface area contributed by atoms with Gasteiger partial charge in [-0.1, -0.05) is 92.5 Å². The van der Waals surface area contributed by atoms with Crippen LogP contribution in [0.1, 0.15) is 155 Å². The molecule has 30 heteroatoms. The average Bonchev–Trinajstić information content (AvgIpc) is 0.759. The quantitative estimate of drug-likeness (QED) is 0.0467. The number of phenols is 3. The molecule has 0 spiro atoms. The van der Waals surface area contributed by atoms with Crippen LogP contribution in [0.5, 0.6) is 46.0 Å². The van der Waals surface area contributed by atoms with Crippen molar-refractivity contribution < 1.29 is 103 Å². The van der Waals surface area contributed by atoms with E-state index < -0.39 is 198 Å². The lowest BCUT2D eigenvalue weighted by atomic mass is 9.51. The number of amides is 7. The highest BCUT2D eigenvalue weighted by atomic mass is 35.5. The third kappa shape index (κ3) is 17.0. The molecule has 1 unspecified atom stereocenters. The maximum atomic E-state index is 16.5. The van der Waals surface area contributed by atoms with Crippen molar-refractivity contribution in [3.05, 3.63) is 153 Å². The number of imide groups is 1. The van der Waals surface area contributed by atoms with Crippen molar-refractivity contribution in [1.29, 1.82) is 0 Å². The van der Waals surface area contributed by atoms with Crippen LogP contribution in [0.2, 0.25) is 10.0 Å². The Labute approximate surface area is 648 Å². The third-order valence-electron chi connectivity index (χ3n) is 22.8. The van der Waals surface area contributed by atoms with E-state index in [4.69, 9.17) is 47.9 Å². The lowest BCUT2D eigenvalue weighted by Gasteiger charge is -2.54. The molecule has 7 amide bonds. The highest BCUT2D eigenvalue weighted by Crippen LogP contribution is 2.58. The zero-order valence-electron chi connectivity index (χ0n) is 60.8. The lowest BCUT2D eigenvalue weighted by Crippen LogP contribution is -2.60. The van der Waals surface area contributed by atoms with E-state index in [-0.39, 0.29) is 104 Å². The van der Waals surface area contributed by atoms with E-state index in [0.29, 0.717) is 23.8 Å². The van der Waals surface area contributed by atoms with Gasteiger partial charge in [-0.25, -0.2) is 4.79 Å². The number of aliphatic hydroxyl groups is 5. The van der Waals surface area contributed by atoms with Crippen LogP contribution in [0.25, 0.3) is 11.1 Å². The Hall–Kier alpha value is -9.75. The molecule has 10 aliphatic rings. The largest absolute Gasteiger partial charge is 0.508 e. The summed E-state index contributed by atoms with van der Waals surface area (Å²) in [5, 5.41) is 110. The molecule has 6 aliphatic heterocycles. The van der Waals surface area contributed by atoms with Crippen LogP contribution in [-0.4, -0.2) is 143 Å². The van der Waals surface area contributed by atoms with E-state index >= 15 is 28.8 Å². The minimum absolute atomic E-state index is 0.0260. The Bertz CT molecular complexity index is 4590. The van der Waals surface area contributed by atoms with Gasteiger partial charge in [0.2, 0.25) is 41.6 Å². The van der Waals surface area contributed by atoms with Gasteiger partial charge >= 0.3 is 6.03 Å². The summed E-state index contributed by atoms with van der Waals surface area (Å²) in [7, 11) is 0. The summed E-state index contributed by atoms with van der Waals surface area (Å²) in [6.07, 6.45) is -11.1. The maximum absolute atomic E-state index is 16.5. The molecule has 5 fully saturated rings. The van der Waals surface area contributed by atoms with Gasteiger partial charge in [0.15, 0.2) is 28.8 Å². The predicted octanol–water partition coefficient (Wildman–Crippen LogP) is 7.74. The Morgan fingerprint density at radius 2 is 1.29 bits per heavy atom. The molecule has 588 valence electrons. The number of carbonyl (C=O) groups excluding carboxylic acids is 9. The van der Waals surface area contributed by atoms with E-state index in [1.165, 1.54) is 48.5 Å². The van der Waals surface area contributed by atoms with Gasteiger partial charge in [-0.2, -0.15) is 0 Å². The molecule has 15 bridgehead atoms. The number of benzene rings is 6. The van der Waals surface area contributed by atoms with Crippen LogP contribution in [0.15, 0.2) is 109 Å². The molecule has 28 nitrogen and oxygen atoms in total. The zero-order valence-corrected chi connectivity index (χ0v) is 62.4. The Balaban J connectivity index is 0.997. The highest BCUT2D eigenvalue weighted by molar-refractivity contribution is 6.32. The van der Waals surface area contributed by atoms with Crippen molar-refractivity contribution in [3.63, 3.8) is 0 Å². The summed E-state index contributed by atoms with van der Waals surface area (Å²) >= 11 is 14.3. The fourth-order valence-electron chi connectivity index (χ4n) is 17.3. The number of carbonyl (C=O) groups is 9. The van der Waals surface area contributed by atoms with E-state index in [1.807, 2.05) is 13.8 Å². The number of hydrogen-bond donors (Lipinski definition) is 15. The molecule has 111 heavy (non-hydrogen) atoms. The molecule has 4 aliphatic carbocycles. The SMILES string of the molecule is CC[C@H](CC(C)C)C(=O)N[C@H]1C(=O)C[C@@H](CC(=O)NC(=O)NCc2ccccc2)C(=O)NC2C(=O)C[C@H]3C(=O)N[C@H](C(=O)N[C@H](C(=O)CC4C5CC6CC(C5)CC4C6)c4cc(O)cc(O)c4-c4cc3ccc4O)[C@H](O)c3ccc(c(Cl)c3)Oc3cc2cc(c3O[C@@H]2O[C@H](CN)[C@@H](O)[C@H](O)[C@H]2O)Oc2ccc(cc2Cl)[C@H]1O. The van der Waals surface area contributed by atoms with Crippen molar-refractivity contribution in [2.45, 2.75) is 171 Å². The van der Waals surface area contributed by atoms with Crippen LogP contribution < -0.4 is 51.8 Å². The first kappa shape index (κ1) is 79.3. The molecule has 0 radical (unpaired) electrons. The fraction of sp³-hybridized carbons (Fsp3) is 0.444.